The average Bonchev–Trinajstić information content (AvgIpc) is 2.87. The first kappa shape index (κ1) is 22.8. The predicted molar refractivity (Wildman–Crippen MR) is 127 cm³/mol. The van der Waals surface area contributed by atoms with Crippen molar-refractivity contribution in [3.8, 4) is 11.5 Å². The fourth-order valence-corrected chi connectivity index (χ4v) is 4.37. The fraction of sp³-hybridized carbons (Fsp3) is 0.296. The van der Waals surface area contributed by atoms with Gasteiger partial charge in [-0.15, -0.1) is 0 Å². The Kier molecular flexibility index (Phi) is 7.25. The maximum atomic E-state index is 13.6. The first-order valence-electron chi connectivity index (χ1n) is 11.2. The van der Waals surface area contributed by atoms with Crippen LogP contribution in [0.1, 0.15) is 28.8 Å². The van der Waals surface area contributed by atoms with Crippen LogP contribution in [-0.2, 0) is 6.54 Å². The number of amides is 1. The van der Waals surface area contributed by atoms with Crippen molar-refractivity contribution >= 4 is 11.6 Å². The molecule has 4 rings (SSSR count). The van der Waals surface area contributed by atoms with E-state index in [0.717, 1.165) is 55.2 Å². The number of likely N-dealkylation sites (tertiary alicyclic amines) is 1. The van der Waals surface area contributed by atoms with Gasteiger partial charge in [0.2, 0.25) is 0 Å². The second kappa shape index (κ2) is 10.5. The van der Waals surface area contributed by atoms with E-state index in [1.54, 1.807) is 26.4 Å². The molecule has 1 fully saturated rings. The summed E-state index contributed by atoms with van der Waals surface area (Å²) in [6.07, 6.45) is 1.66. The zero-order valence-electron chi connectivity index (χ0n) is 19.0. The smallest absolute Gasteiger partial charge is 0.258 e. The summed E-state index contributed by atoms with van der Waals surface area (Å²) in [5.41, 5.74) is 2.46. The molecule has 172 valence electrons. The van der Waals surface area contributed by atoms with Gasteiger partial charge >= 0.3 is 0 Å². The van der Waals surface area contributed by atoms with Crippen LogP contribution in [-0.4, -0.2) is 44.2 Å². The SMILES string of the molecule is COc1ccc(CN2CCC(N(C(=O)c3ccccc3)c3ccc(F)cc3)CC2)c(OC)c1. The number of carbonyl (C=O) groups excluding carboxylic acids is 1. The Morgan fingerprint density at radius 3 is 2.30 bits per heavy atom. The molecular formula is C27H29FN2O3. The van der Waals surface area contributed by atoms with Crippen LogP contribution in [0.2, 0.25) is 0 Å². The molecule has 6 heteroatoms. The molecule has 0 aromatic heterocycles. The number of halogens is 1. The Balaban J connectivity index is 1.49. The van der Waals surface area contributed by atoms with Crippen molar-refractivity contribution in [1.29, 1.82) is 0 Å². The summed E-state index contributed by atoms with van der Waals surface area (Å²) in [4.78, 5) is 17.6. The molecule has 1 aliphatic heterocycles. The van der Waals surface area contributed by atoms with Crippen LogP contribution in [0, 0.1) is 5.82 Å². The molecule has 1 aliphatic rings. The molecule has 3 aromatic rings. The van der Waals surface area contributed by atoms with Crippen molar-refractivity contribution in [2.75, 3.05) is 32.2 Å². The first-order valence-corrected chi connectivity index (χ1v) is 11.2. The number of carbonyl (C=O) groups is 1. The van der Waals surface area contributed by atoms with Gasteiger partial charge in [-0.05, 0) is 55.3 Å². The Morgan fingerprint density at radius 2 is 1.67 bits per heavy atom. The number of rotatable bonds is 7. The summed E-state index contributed by atoms with van der Waals surface area (Å²) < 4.78 is 24.4. The van der Waals surface area contributed by atoms with Gasteiger partial charge in [-0.25, -0.2) is 4.39 Å². The van der Waals surface area contributed by atoms with E-state index in [1.165, 1.54) is 12.1 Å². The van der Waals surface area contributed by atoms with Crippen molar-refractivity contribution in [3.05, 3.63) is 89.7 Å². The largest absolute Gasteiger partial charge is 0.497 e. The van der Waals surface area contributed by atoms with Crippen molar-refractivity contribution in [3.63, 3.8) is 0 Å². The molecule has 5 nitrogen and oxygen atoms in total. The van der Waals surface area contributed by atoms with Crippen molar-refractivity contribution in [1.82, 2.24) is 4.90 Å². The number of piperidine rings is 1. The summed E-state index contributed by atoms with van der Waals surface area (Å²) >= 11 is 0. The number of anilines is 1. The van der Waals surface area contributed by atoms with Crippen LogP contribution in [0.25, 0.3) is 0 Å². The Bertz CT molecular complexity index is 1060. The molecule has 0 saturated carbocycles. The van der Waals surface area contributed by atoms with Crippen LogP contribution in [0.4, 0.5) is 10.1 Å². The summed E-state index contributed by atoms with van der Waals surface area (Å²) in [5, 5.41) is 0. The lowest BCUT2D eigenvalue weighted by atomic mass is 10.00. The molecule has 0 aliphatic carbocycles. The molecule has 1 saturated heterocycles. The zero-order chi connectivity index (χ0) is 23.2. The van der Waals surface area contributed by atoms with Gasteiger partial charge in [0, 0.05) is 48.6 Å². The summed E-state index contributed by atoms with van der Waals surface area (Å²) in [6, 6.07) is 21.4. The summed E-state index contributed by atoms with van der Waals surface area (Å²) in [7, 11) is 3.31. The van der Waals surface area contributed by atoms with E-state index >= 15 is 0 Å². The molecule has 0 atom stereocenters. The molecular weight excluding hydrogens is 419 g/mol. The van der Waals surface area contributed by atoms with Crippen LogP contribution in [0.3, 0.4) is 0 Å². The zero-order valence-corrected chi connectivity index (χ0v) is 19.0. The van der Waals surface area contributed by atoms with Crippen molar-refractivity contribution in [2.24, 2.45) is 0 Å². The standard InChI is InChI=1S/C27H29FN2O3/c1-32-25-13-8-21(26(18-25)33-2)19-29-16-14-24(15-17-29)30(23-11-9-22(28)10-12-23)27(31)20-6-4-3-5-7-20/h3-13,18,24H,14-17,19H2,1-2H3. The van der Waals surface area contributed by atoms with Crippen molar-refractivity contribution in [2.45, 2.75) is 25.4 Å². The molecule has 0 radical (unpaired) electrons. The van der Waals surface area contributed by atoms with Crippen LogP contribution in [0.15, 0.2) is 72.8 Å². The highest BCUT2D eigenvalue weighted by atomic mass is 19.1. The highest BCUT2D eigenvalue weighted by molar-refractivity contribution is 6.06. The van der Waals surface area contributed by atoms with Crippen LogP contribution < -0.4 is 14.4 Å². The Morgan fingerprint density at radius 1 is 0.970 bits per heavy atom. The van der Waals surface area contributed by atoms with E-state index in [9.17, 15) is 9.18 Å². The van der Waals surface area contributed by atoms with E-state index in [2.05, 4.69) is 4.90 Å². The highest BCUT2D eigenvalue weighted by Gasteiger charge is 2.30. The second-order valence-corrected chi connectivity index (χ2v) is 8.20. The van der Waals surface area contributed by atoms with E-state index in [4.69, 9.17) is 9.47 Å². The predicted octanol–water partition coefficient (Wildman–Crippen LogP) is 5.15. The van der Waals surface area contributed by atoms with Crippen LogP contribution in [0.5, 0.6) is 11.5 Å². The first-order chi connectivity index (χ1) is 16.1. The molecule has 0 bridgehead atoms. The van der Waals surface area contributed by atoms with E-state index in [0.29, 0.717) is 5.56 Å². The molecule has 0 spiro atoms. The van der Waals surface area contributed by atoms with Gasteiger partial charge in [-0.1, -0.05) is 24.3 Å². The third-order valence-electron chi connectivity index (χ3n) is 6.15. The highest BCUT2D eigenvalue weighted by Crippen LogP contribution is 2.29. The quantitative estimate of drug-likeness (QED) is 0.501. The molecule has 0 unspecified atom stereocenters. The summed E-state index contributed by atoms with van der Waals surface area (Å²) in [6.45, 7) is 2.46. The number of methoxy groups -OCH3 is 2. The van der Waals surface area contributed by atoms with Crippen LogP contribution >= 0.6 is 0 Å². The third-order valence-corrected chi connectivity index (χ3v) is 6.15. The lowest BCUT2D eigenvalue weighted by molar-refractivity contribution is 0.0958. The van der Waals surface area contributed by atoms with Gasteiger partial charge in [0.1, 0.15) is 17.3 Å². The third kappa shape index (κ3) is 5.34. The number of ether oxygens (including phenoxy) is 2. The maximum absolute atomic E-state index is 13.6. The van der Waals surface area contributed by atoms with E-state index in [1.807, 2.05) is 53.4 Å². The van der Waals surface area contributed by atoms with Gasteiger partial charge in [0.15, 0.2) is 0 Å². The lowest BCUT2D eigenvalue weighted by Gasteiger charge is -2.39. The van der Waals surface area contributed by atoms with Gasteiger partial charge in [0.25, 0.3) is 5.91 Å². The number of hydrogen-bond acceptors (Lipinski definition) is 4. The molecule has 1 amide bonds. The summed E-state index contributed by atoms with van der Waals surface area (Å²) in [5.74, 6) is 1.21. The molecule has 33 heavy (non-hydrogen) atoms. The van der Waals surface area contributed by atoms with Gasteiger partial charge in [-0.2, -0.15) is 0 Å². The van der Waals surface area contributed by atoms with E-state index in [-0.39, 0.29) is 17.8 Å². The Hall–Kier alpha value is -3.38. The van der Waals surface area contributed by atoms with Gasteiger partial charge < -0.3 is 14.4 Å². The number of nitrogens with zero attached hydrogens (tertiary/aromatic N) is 2. The Labute approximate surface area is 194 Å². The molecule has 0 N–H and O–H groups in total. The fourth-order valence-electron chi connectivity index (χ4n) is 4.37. The minimum atomic E-state index is -0.311. The van der Waals surface area contributed by atoms with E-state index < -0.39 is 0 Å². The number of hydrogen-bond donors (Lipinski definition) is 0. The number of benzene rings is 3. The maximum Gasteiger partial charge on any atom is 0.258 e. The average molecular weight is 449 g/mol. The van der Waals surface area contributed by atoms with Gasteiger partial charge in [-0.3, -0.25) is 9.69 Å². The molecule has 3 aromatic carbocycles. The molecule has 1 heterocycles. The lowest BCUT2D eigenvalue weighted by Crippen LogP contribution is -2.47. The second-order valence-electron chi connectivity index (χ2n) is 8.20. The van der Waals surface area contributed by atoms with Gasteiger partial charge in [0.05, 0.1) is 14.2 Å². The minimum absolute atomic E-state index is 0.0391. The van der Waals surface area contributed by atoms with Crippen molar-refractivity contribution < 1.29 is 18.7 Å². The monoisotopic (exact) mass is 448 g/mol. The minimum Gasteiger partial charge on any atom is -0.497 e. The topological polar surface area (TPSA) is 42.0 Å². The normalized spacial score (nSPS) is 14.6.